The molecule has 4 rings (SSSR count). The van der Waals surface area contributed by atoms with Crippen molar-refractivity contribution in [2.45, 2.75) is 20.4 Å². The Balaban J connectivity index is 1.68. The Hall–Kier alpha value is -2.00. The molecular formula is C20H24ClN5O2S. The summed E-state index contributed by atoms with van der Waals surface area (Å²) in [6.07, 6.45) is 1.66. The van der Waals surface area contributed by atoms with Crippen molar-refractivity contribution in [1.82, 2.24) is 19.7 Å². The van der Waals surface area contributed by atoms with E-state index < -0.39 is 0 Å². The largest absolute Gasteiger partial charge is 0.379 e. The van der Waals surface area contributed by atoms with Gasteiger partial charge in [-0.2, -0.15) is 5.10 Å². The highest BCUT2D eigenvalue weighted by atomic mass is 35.5. The van der Waals surface area contributed by atoms with Crippen LogP contribution in [0, 0.1) is 6.92 Å². The predicted molar refractivity (Wildman–Crippen MR) is 116 cm³/mol. The number of aryl methyl sites for hydroxylation is 2. The normalized spacial score (nSPS) is 15.1. The van der Waals surface area contributed by atoms with Gasteiger partial charge in [-0.15, -0.1) is 0 Å². The number of morpholine rings is 1. The average molecular weight is 434 g/mol. The van der Waals surface area contributed by atoms with Crippen molar-refractivity contribution < 1.29 is 9.53 Å². The third-order valence-electron chi connectivity index (χ3n) is 5.14. The molecule has 0 spiro atoms. The molecule has 3 heterocycles. The summed E-state index contributed by atoms with van der Waals surface area (Å²) in [6.45, 7) is 9.13. The van der Waals surface area contributed by atoms with E-state index in [1.807, 2.05) is 26.0 Å². The van der Waals surface area contributed by atoms with Crippen LogP contribution in [0.3, 0.4) is 0 Å². The van der Waals surface area contributed by atoms with E-state index in [0.717, 1.165) is 48.6 Å². The highest BCUT2D eigenvalue weighted by Gasteiger charge is 2.25. The number of carbonyl (C=O) groups excluding carboxylic acids is 1. The number of carbonyl (C=O) groups is 1. The maximum atomic E-state index is 13.5. The molecule has 29 heavy (non-hydrogen) atoms. The van der Waals surface area contributed by atoms with Crippen LogP contribution in [0.5, 0.6) is 0 Å². The third-order valence-corrected chi connectivity index (χ3v) is 6.68. The Morgan fingerprint density at radius 2 is 2.10 bits per heavy atom. The van der Waals surface area contributed by atoms with Gasteiger partial charge in [0.1, 0.15) is 5.69 Å². The van der Waals surface area contributed by atoms with Gasteiger partial charge in [-0.25, -0.2) is 4.98 Å². The highest BCUT2D eigenvalue weighted by molar-refractivity contribution is 7.23. The van der Waals surface area contributed by atoms with Gasteiger partial charge in [-0.1, -0.05) is 29.0 Å². The van der Waals surface area contributed by atoms with Gasteiger partial charge in [-0.3, -0.25) is 19.3 Å². The van der Waals surface area contributed by atoms with E-state index in [-0.39, 0.29) is 5.91 Å². The fourth-order valence-electron chi connectivity index (χ4n) is 3.46. The zero-order valence-corrected chi connectivity index (χ0v) is 18.2. The summed E-state index contributed by atoms with van der Waals surface area (Å²) >= 11 is 7.86. The van der Waals surface area contributed by atoms with Gasteiger partial charge in [0.15, 0.2) is 5.13 Å². The van der Waals surface area contributed by atoms with Crippen molar-refractivity contribution in [3.05, 3.63) is 40.7 Å². The number of fused-ring (bicyclic) bond motifs is 1. The minimum Gasteiger partial charge on any atom is -0.379 e. The fraction of sp³-hybridized carbons (Fsp3) is 0.450. The number of hydrogen-bond acceptors (Lipinski definition) is 6. The van der Waals surface area contributed by atoms with Gasteiger partial charge in [0.05, 0.1) is 28.5 Å². The number of amides is 1. The number of benzene rings is 1. The van der Waals surface area contributed by atoms with Crippen LogP contribution in [0.1, 0.15) is 23.0 Å². The summed E-state index contributed by atoms with van der Waals surface area (Å²) < 4.78 is 8.07. The van der Waals surface area contributed by atoms with Crippen LogP contribution < -0.4 is 4.90 Å². The van der Waals surface area contributed by atoms with Crippen molar-refractivity contribution in [3.63, 3.8) is 0 Å². The molecule has 7 nitrogen and oxygen atoms in total. The maximum absolute atomic E-state index is 13.5. The van der Waals surface area contributed by atoms with E-state index in [2.05, 4.69) is 10.00 Å². The van der Waals surface area contributed by atoms with Crippen LogP contribution in [0.2, 0.25) is 5.02 Å². The number of aromatic nitrogens is 3. The van der Waals surface area contributed by atoms with Crippen LogP contribution in [0.25, 0.3) is 10.2 Å². The molecule has 1 aliphatic heterocycles. The lowest BCUT2D eigenvalue weighted by atomic mass is 10.2. The molecule has 0 unspecified atom stereocenters. The first-order valence-electron chi connectivity index (χ1n) is 9.78. The van der Waals surface area contributed by atoms with Gasteiger partial charge in [0, 0.05) is 38.9 Å². The molecule has 154 valence electrons. The minimum atomic E-state index is -0.0922. The SMILES string of the molecule is CCn1nccc1C(=O)N(CCN1CCOCC1)c1nc2c(C)ccc(Cl)c2s1. The standard InChI is InChI=1S/C20H24ClN5O2S/c1-3-26-16(6-7-22-26)19(27)25(9-8-24-10-12-28-13-11-24)20-23-17-14(2)4-5-15(21)18(17)29-20/h4-7H,3,8-13H2,1-2H3. The molecule has 0 saturated carbocycles. The summed E-state index contributed by atoms with van der Waals surface area (Å²) in [6, 6.07) is 5.60. The molecule has 1 amide bonds. The molecule has 1 aromatic carbocycles. The molecule has 1 saturated heterocycles. The third kappa shape index (κ3) is 4.16. The smallest absolute Gasteiger partial charge is 0.278 e. The van der Waals surface area contributed by atoms with Gasteiger partial charge in [0.25, 0.3) is 5.91 Å². The van der Waals surface area contributed by atoms with Gasteiger partial charge < -0.3 is 4.74 Å². The average Bonchev–Trinajstić information content (AvgIpc) is 3.39. The second kappa shape index (κ2) is 8.79. The van der Waals surface area contributed by atoms with E-state index in [1.165, 1.54) is 11.3 Å². The first kappa shape index (κ1) is 20.3. The van der Waals surface area contributed by atoms with Crippen LogP contribution in [-0.4, -0.2) is 65.0 Å². The highest BCUT2D eigenvalue weighted by Crippen LogP contribution is 2.36. The number of rotatable bonds is 6. The molecular weight excluding hydrogens is 410 g/mol. The summed E-state index contributed by atoms with van der Waals surface area (Å²) in [4.78, 5) is 22.3. The Morgan fingerprint density at radius 1 is 1.31 bits per heavy atom. The molecule has 1 fully saturated rings. The number of nitrogens with zero attached hydrogens (tertiary/aromatic N) is 5. The molecule has 2 aromatic heterocycles. The number of ether oxygens (including phenoxy) is 1. The van der Waals surface area contributed by atoms with Crippen LogP contribution in [-0.2, 0) is 11.3 Å². The Morgan fingerprint density at radius 3 is 2.83 bits per heavy atom. The van der Waals surface area contributed by atoms with E-state index in [9.17, 15) is 4.79 Å². The first-order chi connectivity index (χ1) is 14.1. The van der Waals surface area contributed by atoms with E-state index in [4.69, 9.17) is 21.3 Å². The number of anilines is 1. The van der Waals surface area contributed by atoms with Crippen molar-refractivity contribution >= 4 is 44.2 Å². The lowest BCUT2D eigenvalue weighted by molar-refractivity contribution is 0.0391. The first-order valence-corrected chi connectivity index (χ1v) is 11.0. The van der Waals surface area contributed by atoms with Crippen molar-refractivity contribution in [2.24, 2.45) is 0 Å². The number of thiazole rings is 1. The van der Waals surface area contributed by atoms with E-state index >= 15 is 0 Å². The number of hydrogen-bond donors (Lipinski definition) is 0. The molecule has 0 radical (unpaired) electrons. The zero-order valence-electron chi connectivity index (χ0n) is 16.6. The maximum Gasteiger partial charge on any atom is 0.278 e. The quantitative estimate of drug-likeness (QED) is 0.595. The Labute approximate surface area is 178 Å². The van der Waals surface area contributed by atoms with E-state index in [0.29, 0.717) is 28.9 Å². The molecule has 0 bridgehead atoms. The molecule has 0 aliphatic carbocycles. The van der Waals surface area contributed by atoms with Crippen LogP contribution >= 0.6 is 22.9 Å². The topological polar surface area (TPSA) is 63.5 Å². The second-order valence-corrected chi connectivity index (χ2v) is 8.37. The molecule has 0 atom stereocenters. The zero-order chi connectivity index (χ0) is 20.4. The lowest BCUT2D eigenvalue weighted by Crippen LogP contribution is -2.43. The molecule has 3 aromatic rings. The monoisotopic (exact) mass is 433 g/mol. The van der Waals surface area contributed by atoms with Gasteiger partial charge in [-0.05, 0) is 31.5 Å². The molecule has 0 N–H and O–H groups in total. The predicted octanol–water partition coefficient (Wildman–Crippen LogP) is 3.45. The summed E-state index contributed by atoms with van der Waals surface area (Å²) in [7, 11) is 0. The van der Waals surface area contributed by atoms with E-state index in [1.54, 1.807) is 21.8 Å². The Bertz CT molecular complexity index is 973. The van der Waals surface area contributed by atoms with Gasteiger partial charge in [0.2, 0.25) is 0 Å². The molecule has 9 heteroatoms. The summed E-state index contributed by atoms with van der Waals surface area (Å²) in [5.41, 5.74) is 2.47. The summed E-state index contributed by atoms with van der Waals surface area (Å²) in [5.74, 6) is -0.0922. The Kier molecular flexibility index (Phi) is 6.15. The van der Waals surface area contributed by atoms with Crippen LogP contribution in [0.15, 0.2) is 24.4 Å². The summed E-state index contributed by atoms with van der Waals surface area (Å²) in [5, 5.41) is 5.58. The van der Waals surface area contributed by atoms with Crippen molar-refractivity contribution in [3.8, 4) is 0 Å². The van der Waals surface area contributed by atoms with Crippen molar-refractivity contribution in [2.75, 3.05) is 44.3 Å². The van der Waals surface area contributed by atoms with Gasteiger partial charge >= 0.3 is 0 Å². The number of halogens is 1. The molecule has 1 aliphatic rings. The lowest BCUT2D eigenvalue weighted by Gasteiger charge is -2.29. The van der Waals surface area contributed by atoms with Crippen LogP contribution in [0.4, 0.5) is 5.13 Å². The van der Waals surface area contributed by atoms with Crippen molar-refractivity contribution in [1.29, 1.82) is 0 Å². The minimum absolute atomic E-state index is 0.0922. The fourth-order valence-corrected chi connectivity index (χ4v) is 4.80. The second-order valence-electron chi connectivity index (χ2n) is 6.98.